The van der Waals surface area contributed by atoms with Gasteiger partial charge in [-0.1, -0.05) is 69.2 Å². The molecule has 0 saturated carbocycles. The molecule has 0 aliphatic carbocycles. The standard InChI is InChI=1S/2C6H12O.2C5H10O/c2*1-4-6(7)5(2)3;2*1-4(2)5(3)6/h2*5H,4H2,1-3H3;2*4H,1-3H3. The second kappa shape index (κ2) is 20.0. The van der Waals surface area contributed by atoms with Crippen molar-refractivity contribution in [2.24, 2.45) is 23.7 Å². The van der Waals surface area contributed by atoms with Crippen molar-refractivity contribution in [3.05, 3.63) is 0 Å². The average Bonchev–Trinajstić information content (AvgIpc) is 2.54. The summed E-state index contributed by atoms with van der Waals surface area (Å²) in [6.07, 6.45) is 1.36. The van der Waals surface area contributed by atoms with Gasteiger partial charge in [0, 0.05) is 36.5 Å². The summed E-state index contributed by atoms with van der Waals surface area (Å²) in [7, 11) is 0. The third-order valence-electron chi connectivity index (χ3n) is 3.61. The van der Waals surface area contributed by atoms with Crippen LogP contribution in [-0.4, -0.2) is 23.1 Å². The van der Waals surface area contributed by atoms with E-state index in [1.165, 1.54) is 0 Å². The Hall–Kier alpha value is -1.32. The fourth-order valence-electron chi connectivity index (χ4n) is 0.816. The third kappa shape index (κ3) is 30.5. The van der Waals surface area contributed by atoms with Gasteiger partial charge in [0.15, 0.2) is 0 Å². The Bertz CT molecular complexity index is 353. The van der Waals surface area contributed by atoms with E-state index in [4.69, 9.17) is 0 Å². The van der Waals surface area contributed by atoms with Gasteiger partial charge >= 0.3 is 0 Å². The van der Waals surface area contributed by atoms with E-state index < -0.39 is 0 Å². The van der Waals surface area contributed by atoms with E-state index in [1.807, 2.05) is 69.2 Å². The highest BCUT2D eigenvalue weighted by molar-refractivity contribution is 5.80. The topological polar surface area (TPSA) is 68.3 Å². The Morgan fingerprint density at radius 2 is 0.654 bits per heavy atom. The molecule has 0 aliphatic rings. The number of carbonyl (C=O) groups is 4. The lowest BCUT2D eigenvalue weighted by atomic mass is 10.1. The summed E-state index contributed by atoms with van der Waals surface area (Å²) < 4.78 is 0. The molecule has 0 heterocycles. The number of carbonyl (C=O) groups excluding carboxylic acids is 4. The number of Topliss-reactive ketones (excluding diaryl/α,β-unsaturated/α-hetero) is 4. The highest BCUT2D eigenvalue weighted by Gasteiger charge is 2.01. The quantitative estimate of drug-likeness (QED) is 0.599. The number of hydrogen-bond donors (Lipinski definition) is 0. The van der Waals surface area contributed by atoms with Crippen LogP contribution in [0.1, 0.15) is 95.9 Å². The van der Waals surface area contributed by atoms with Crippen molar-refractivity contribution in [3.8, 4) is 0 Å². The molecule has 156 valence electrons. The smallest absolute Gasteiger partial charge is 0.135 e. The molecule has 0 N–H and O–H groups in total. The molecular weight excluding hydrogens is 328 g/mol. The zero-order chi connectivity index (χ0) is 22.0. The minimum absolute atomic E-state index is 0.213. The molecule has 0 bridgehead atoms. The second-order valence-electron chi connectivity index (χ2n) is 7.48. The van der Waals surface area contributed by atoms with E-state index in [1.54, 1.807) is 13.8 Å². The lowest BCUT2D eigenvalue weighted by molar-refractivity contribution is -0.122. The van der Waals surface area contributed by atoms with Crippen molar-refractivity contribution < 1.29 is 19.2 Å². The van der Waals surface area contributed by atoms with Crippen LogP contribution in [-0.2, 0) is 19.2 Å². The minimum atomic E-state index is 0.213. The Kier molecular flexibility index (Phi) is 24.9. The summed E-state index contributed by atoms with van der Waals surface area (Å²) >= 11 is 0. The highest BCUT2D eigenvalue weighted by atomic mass is 16.1. The molecule has 0 atom stereocenters. The predicted molar refractivity (Wildman–Crippen MR) is 111 cm³/mol. The van der Waals surface area contributed by atoms with Crippen molar-refractivity contribution in [1.82, 2.24) is 0 Å². The summed E-state index contributed by atoms with van der Waals surface area (Å²) in [5, 5.41) is 0. The normalized spacial score (nSPS) is 9.54. The van der Waals surface area contributed by atoms with Crippen molar-refractivity contribution >= 4 is 23.1 Å². The highest BCUT2D eigenvalue weighted by Crippen LogP contribution is 1.96. The fourth-order valence-corrected chi connectivity index (χ4v) is 0.816. The Morgan fingerprint density at radius 3 is 0.654 bits per heavy atom. The molecular formula is C22H44O4. The molecule has 0 unspecified atom stereocenters. The molecule has 0 radical (unpaired) electrons. The first kappa shape index (κ1) is 32.4. The van der Waals surface area contributed by atoms with Gasteiger partial charge in [0.05, 0.1) is 0 Å². The number of ketones is 4. The van der Waals surface area contributed by atoms with Gasteiger partial charge in [-0.25, -0.2) is 0 Å². The zero-order valence-electron chi connectivity index (χ0n) is 19.4. The Labute approximate surface area is 162 Å². The monoisotopic (exact) mass is 372 g/mol. The van der Waals surface area contributed by atoms with Gasteiger partial charge in [-0.15, -0.1) is 0 Å². The molecule has 0 rings (SSSR count). The van der Waals surface area contributed by atoms with Crippen molar-refractivity contribution in [3.63, 3.8) is 0 Å². The number of hydrogen-bond acceptors (Lipinski definition) is 4. The SMILES string of the molecule is CC(=O)C(C)C.CC(=O)C(C)C.CCC(=O)C(C)C.CCC(=O)C(C)C. The van der Waals surface area contributed by atoms with E-state index in [0.29, 0.717) is 24.4 Å². The maximum atomic E-state index is 10.5. The van der Waals surface area contributed by atoms with Crippen LogP contribution in [0.25, 0.3) is 0 Å². The molecule has 4 nitrogen and oxygen atoms in total. The summed E-state index contributed by atoms with van der Waals surface area (Å²) in [6, 6.07) is 0. The molecule has 0 saturated heterocycles. The van der Waals surface area contributed by atoms with Crippen molar-refractivity contribution in [2.45, 2.75) is 95.9 Å². The van der Waals surface area contributed by atoms with E-state index >= 15 is 0 Å². The van der Waals surface area contributed by atoms with Gasteiger partial charge in [0.2, 0.25) is 0 Å². The minimum Gasteiger partial charge on any atom is -0.300 e. The summed E-state index contributed by atoms with van der Waals surface area (Å²) in [6.45, 7) is 22.2. The van der Waals surface area contributed by atoms with Gasteiger partial charge in [-0.2, -0.15) is 0 Å². The van der Waals surface area contributed by atoms with Crippen molar-refractivity contribution in [1.29, 1.82) is 0 Å². The van der Waals surface area contributed by atoms with E-state index in [-0.39, 0.29) is 35.2 Å². The molecule has 0 aromatic heterocycles. The first-order chi connectivity index (χ1) is 11.6. The van der Waals surface area contributed by atoms with Crippen LogP contribution < -0.4 is 0 Å². The largest absolute Gasteiger partial charge is 0.300 e. The molecule has 26 heavy (non-hydrogen) atoms. The predicted octanol–water partition coefficient (Wildman–Crippen LogP) is 5.71. The first-order valence-corrected chi connectivity index (χ1v) is 9.71. The Morgan fingerprint density at radius 1 is 0.500 bits per heavy atom. The number of rotatable bonds is 6. The van der Waals surface area contributed by atoms with E-state index in [2.05, 4.69) is 0 Å². The van der Waals surface area contributed by atoms with Crippen LogP contribution in [0.5, 0.6) is 0 Å². The molecule has 0 amide bonds. The Balaban J connectivity index is -0.000000124. The average molecular weight is 373 g/mol. The lowest BCUT2D eigenvalue weighted by Crippen LogP contribution is -2.03. The van der Waals surface area contributed by atoms with Crippen LogP contribution in [0.3, 0.4) is 0 Å². The molecule has 0 aliphatic heterocycles. The van der Waals surface area contributed by atoms with Crippen LogP contribution in [0.4, 0.5) is 0 Å². The van der Waals surface area contributed by atoms with Gasteiger partial charge in [0.1, 0.15) is 23.1 Å². The molecule has 0 aromatic rings. The van der Waals surface area contributed by atoms with Crippen LogP contribution in [0.15, 0.2) is 0 Å². The summed E-state index contributed by atoms with van der Waals surface area (Å²) in [5.74, 6) is 2.09. The van der Waals surface area contributed by atoms with Gasteiger partial charge in [-0.3, -0.25) is 19.2 Å². The van der Waals surface area contributed by atoms with Crippen molar-refractivity contribution in [2.75, 3.05) is 0 Å². The van der Waals surface area contributed by atoms with E-state index in [0.717, 1.165) is 0 Å². The molecule has 0 spiro atoms. The fraction of sp³-hybridized carbons (Fsp3) is 0.818. The van der Waals surface area contributed by atoms with Gasteiger partial charge in [-0.05, 0) is 13.8 Å². The maximum absolute atomic E-state index is 10.5. The third-order valence-corrected chi connectivity index (χ3v) is 3.61. The zero-order valence-corrected chi connectivity index (χ0v) is 19.4. The summed E-state index contributed by atoms with van der Waals surface area (Å²) in [4.78, 5) is 41.3. The van der Waals surface area contributed by atoms with Crippen LogP contribution in [0.2, 0.25) is 0 Å². The maximum Gasteiger partial charge on any atom is 0.135 e. The van der Waals surface area contributed by atoms with E-state index in [9.17, 15) is 19.2 Å². The molecule has 4 heteroatoms. The van der Waals surface area contributed by atoms with Crippen LogP contribution >= 0.6 is 0 Å². The molecule has 0 aromatic carbocycles. The lowest BCUT2D eigenvalue weighted by Gasteiger charge is -1.96. The van der Waals surface area contributed by atoms with Gasteiger partial charge < -0.3 is 0 Å². The summed E-state index contributed by atoms with van der Waals surface area (Å²) in [5.41, 5.74) is 0. The first-order valence-electron chi connectivity index (χ1n) is 9.71. The van der Waals surface area contributed by atoms with Crippen LogP contribution in [0, 0.1) is 23.7 Å². The molecule has 0 fully saturated rings. The second-order valence-corrected chi connectivity index (χ2v) is 7.48. The van der Waals surface area contributed by atoms with Gasteiger partial charge in [0.25, 0.3) is 0 Å².